The minimum atomic E-state index is -1.17. The summed E-state index contributed by atoms with van der Waals surface area (Å²) in [4.78, 5) is 49.2. The van der Waals surface area contributed by atoms with E-state index in [1.165, 1.54) is 23.5 Å². The van der Waals surface area contributed by atoms with Gasteiger partial charge in [-0.15, -0.1) is 0 Å². The van der Waals surface area contributed by atoms with Crippen LogP contribution in [0.25, 0.3) is 0 Å². The van der Waals surface area contributed by atoms with Crippen LogP contribution in [-0.4, -0.2) is 95.2 Å². The van der Waals surface area contributed by atoms with Crippen LogP contribution >= 0.6 is 23.5 Å². The normalized spacial score (nSPS) is 14.7. The van der Waals surface area contributed by atoms with Crippen molar-refractivity contribution in [3.05, 3.63) is 0 Å². The van der Waals surface area contributed by atoms with Crippen LogP contribution in [0, 0.1) is 0 Å². The van der Waals surface area contributed by atoms with Crippen LogP contribution in [0.15, 0.2) is 0 Å². The summed E-state index contributed by atoms with van der Waals surface area (Å²) < 4.78 is 0. The highest BCUT2D eigenvalue weighted by molar-refractivity contribution is 7.98. The van der Waals surface area contributed by atoms with Crippen molar-refractivity contribution in [2.75, 3.05) is 37.2 Å². The summed E-state index contributed by atoms with van der Waals surface area (Å²) in [6.07, 6.45) is 5.67. The minimum Gasteiger partial charge on any atom is -0.480 e. The number of carboxylic acid groups (broad SMARTS) is 1. The fourth-order valence-corrected chi connectivity index (χ4v) is 3.61. The third-order valence-corrected chi connectivity index (χ3v) is 5.87. The second kappa shape index (κ2) is 18.0. The number of nitrogens with one attached hydrogen (secondary N) is 3. The molecule has 3 amide bonds. The Morgan fingerprint density at radius 1 is 0.812 bits per heavy atom. The molecule has 186 valence electrons. The van der Waals surface area contributed by atoms with Gasteiger partial charge in [0.15, 0.2) is 0 Å². The zero-order valence-electron chi connectivity index (χ0n) is 18.7. The summed E-state index contributed by atoms with van der Waals surface area (Å²) in [5, 5.41) is 26.1. The SMILES string of the molecule is CSCCC(NC(=O)C(CCCCN)NC(=O)C(CCSC)NC(=O)C(N)CO)C(=O)O. The number of thioether (sulfide) groups is 2. The summed E-state index contributed by atoms with van der Waals surface area (Å²) in [5.74, 6) is -1.90. The highest BCUT2D eigenvalue weighted by atomic mass is 32.2. The molecule has 11 nitrogen and oxygen atoms in total. The fraction of sp³-hybridized carbons (Fsp3) is 0.789. The molecule has 9 N–H and O–H groups in total. The average molecular weight is 496 g/mol. The van der Waals surface area contributed by atoms with Gasteiger partial charge >= 0.3 is 5.97 Å². The topological polar surface area (TPSA) is 197 Å². The molecule has 0 aliphatic rings. The molecule has 0 bridgehead atoms. The van der Waals surface area contributed by atoms with E-state index in [1.807, 2.05) is 12.5 Å². The second-order valence-electron chi connectivity index (χ2n) is 7.16. The smallest absolute Gasteiger partial charge is 0.326 e. The molecular weight excluding hydrogens is 458 g/mol. The number of unbranched alkanes of at least 4 members (excludes halogenated alkanes) is 1. The van der Waals surface area contributed by atoms with Crippen LogP contribution in [0.1, 0.15) is 32.1 Å². The van der Waals surface area contributed by atoms with Crippen molar-refractivity contribution >= 4 is 47.2 Å². The summed E-state index contributed by atoms with van der Waals surface area (Å²) in [6, 6.07) is -4.18. The lowest BCUT2D eigenvalue weighted by molar-refractivity contribution is -0.142. The number of aliphatic hydroxyl groups excluding tert-OH is 1. The van der Waals surface area contributed by atoms with Crippen molar-refractivity contribution in [3.63, 3.8) is 0 Å². The molecule has 0 radical (unpaired) electrons. The summed E-state index contributed by atoms with van der Waals surface area (Å²) in [6.45, 7) is -0.154. The Kier molecular flexibility index (Phi) is 17.1. The van der Waals surface area contributed by atoms with Crippen LogP contribution in [0.4, 0.5) is 0 Å². The first kappa shape index (κ1) is 30.5. The number of carbonyl (C=O) groups is 4. The number of aliphatic carboxylic acids is 1. The standard InChI is InChI=1S/C19H37N5O6S2/c1-31-9-6-14(22-16(26)12(21)11-25)18(28)23-13(5-3-4-8-20)17(27)24-15(19(29)30)7-10-32-2/h12-15,25H,3-11,20-21H2,1-2H3,(H,22,26)(H,23,28)(H,24,27)(H,29,30). The van der Waals surface area contributed by atoms with E-state index in [0.29, 0.717) is 37.3 Å². The van der Waals surface area contributed by atoms with Gasteiger partial charge in [-0.2, -0.15) is 23.5 Å². The van der Waals surface area contributed by atoms with Crippen molar-refractivity contribution < 1.29 is 29.4 Å². The van der Waals surface area contributed by atoms with Gasteiger partial charge in [0.2, 0.25) is 17.7 Å². The molecule has 0 rings (SSSR count). The van der Waals surface area contributed by atoms with Gasteiger partial charge in [-0.1, -0.05) is 0 Å². The average Bonchev–Trinajstić information content (AvgIpc) is 2.77. The summed E-state index contributed by atoms with van der Waals surface area (Å²) >= 11 is 2.94. The van der Waals surface area contributed by atoms with Gasteiger partial charge in [-0.3, -0.25) is 14.4 Å². The Balaban J connectivity index is 5.37. The van der Waals surface area contributed by atoms with E-state index in [-0.39, 0.29) is 12.8 Å². The molecule has 32 heavy (non-hydrogen) atoms. The molecule has 0 aromatic carbocycles. The second-order valence-corrected chi connectivity index (χ2v) is 9.13. The van der Waals surface area contributed by atoms with E-state index in [0.717, 1.165) is 0 Å². The van der Waals surface area contributed by atoms with Crippen LogP contribution in [0.5, 0.6) is 0 Å². The maximum Gasteiger partial charge on any atom is 0.326 e. The van der Waals surface area contributed by atoms with Gasteiger partial charge in [-0.05, 0) is 62.7 Å². The molecular formula is C19H37N5O6S2. The number of aliphatic hydroxyl groups is 1. The van der Waals surface area contributed by atoms with Crippen molar-refractivity contribution in [1.29, 1.82) is 0 Å². The van der Waals surface area contributed by atoms with Crippen LogP contribution in [-0.2, 0) is 19.2 Å². The first-order valence-corrected chi connectivity index (χ1v) is 13.2. The van der Waals surface area contributed by atoms with E-state index in [1.54, 1.807) is 0 Å². The third kappa shape index (κ3) is 12.5. The van der Waals surface area contributed by atoms with E-state index in [4.69, 9.17) is 16.6 Å². The molecule has 0 heterocycles. The van der Waals surface area contributed by atoms with Crippen molar-refractivity contribution in [3.8, 4) is 0 Å². The number of carbonyl (C=O) groups excluding carboxylic acids is 3. The predicted molar refractivity (Wildman–Crippen MR) is 127 cm³/mol. The zero-order valence-corrected chi connectivity index (χ0v) is 20.3. The molecule has 0 saturated carbocycles. The molecule has 0 fully saturated rings. The molecule has 4 atom stereocenters. The van der Waals surface area contributed by atoms with Crippen LogP contribution in [0.3, 0.4) is 0 Å². The summed E-state index contributed by atoms with van der Waals surface area (Å²) in [7, 11) is 0. The number of amides is 3. The largest absolute Gasteiger partial charge is 0.480 e. The van der Waals surface area contributed by atoms with Crippen molar-refractivity contribution in [2.45, 2.75) is 56.3 Å². The number of nitrogens with two attached hydrogens (primary N) is 2. The Morgan fingerprint density at radius 2 is 1.28 bits per heavy atom. The highest BCUT2D eigenvalue weighted by Gasteiger charge is 2.29. The lowest BCUT2D eigenvalue weighted by Crippen LogP contribution is -2.57. The molecule has 0 aliphatic heterocycles. The van der Waals surface area contributed by atoms with E-state index in [9.17, 15) is 24.3 Å². The van der Waals surface area contributed by atoms with E-state index < -0.39 is 54.5 Å². The Hall–Kier alpha value is -1.54. The van der Waals surface area contributed by atoms with Crippen molar-refractivity contribution in [2.24, 2.45) is 11.5 Å². The van der Waals surface area contributed by atoms with E-state index in [2.05, 4.69) is 16.0 Å². The van der Waals surface area contributed by atoms with Gasteiger partial charge in [0.1, 0.15) is 24.2 Å². The minimum absolute atomic E-state index is 0.247. The zero-order chi connectivity index (χ0) is 24.5. The van der Waals surface area contributed by atoms with Crippen molar-refractivity contribution in [1.82, 2.24) is 16.0 Å². The highest BCUT2D eigenvalue weighted by Crippen LogP contribution is 2.07. The first-order valence-electron chi connectivity index (χ1n) is 10.4. The number of rotatable bonds is 18. The fourth-order valence-electron chi connectivity index (χ4n) is 2.67. The molecule has 0 spiro atoms. The monoisotopic (exact) mass is 495 g/mol. The molecule has 0 aromatic rings. The Labute approximate surface area is 197 Å². The lowest BCUT2D eigenvalue weighted by Gasteiger charge is -2.25. The Morgan fingerprint density at radius 3 is 1.75 bits per heavy atom. The third-order valence-electron chi connectivity index (χ3n) is 4.58. The van der Waals surface area contributed by atoms with Gasteiger partial charge in [0.05, 0.1) is 6.61 Å². The molecule has 0 aliphatic carbocycles. The van der Waals surface area contributed by atoms with Gasteiger partial charge in [-0.25, -0.2) is 4.79 Å². The van der Waals surface area contributed by atoms with E-state index >= 15 is 0 Å². The number of hydrogen-bond donors (Lipinski definition) is 7. The quantitative estimate of drug-likeness (QED) is 0.110. The number of carboxylic acids is 1. The number of hydrogen-bond acceptors (Lipinski definition) is 9. The maximum atomic E-state index is 12.9. The molecule has 4 unspecified atom stereocenters. The van der Waals surface area contributed by atoms with Gasteiger partial charge in [0.25, 0.3) is 0 Å². The Bertz CT molecular complexity index is 599. The summed E-state index contributed by atoms with van der Waals surface area (Å²) in [5.41, 5.74) is 11.0. The van der Waals surface area contributed by atoms with Gasteiger partial charge in [0, 0.05) is 0 Å². The molecule has 0 aromatic heterocycles. The molecule has 0 saturated heterocycles. The van der Waals surface area contributed by atoms with Crippen LogP contribution in [0.2, 0.25) is 0 Å². The molecule has 13 heteroatoms. The van der Waals surface area contributed by atoms with Gasteiger partial charge < -0.3 is 37.6 Å². The first-order chi connectivity index (χ1) is 15.2. The predicted octanol–water partition coefficient (Wildman–Crippen LogP) is -1.52. The van der Waals surface area contributed by atoms with Crippen LogP contribution < -0.4 is 27.4 Å². The lowest BCUT2D eigenvalue weighted by atomic mass is 10.1. The maximum absolute atomic E-state index is 12.9.